The van der Waals surface area contributed by atoms with E-state index in [9.17, 15) is 4.91 Å². The van der Waals surface area contributed by atoms with Crippen LogP contribution in [-0.4, -0.2) is 6.54 Å². The molecule has 0 bridgehead atoms. The fourth-order valence-electron chi connectivity index (χ4n) is 0.915. The van der Waals surface area contributed by atoms with Crippen LogP contribution in [0.1, 0.15) is 11.6 Å². The highest BCUT2D eigenvalue weighted by Gasteiger charge is 2.06. The molecule has 0 heterocycles. The molecule has 0 radical (unpaired) electrons. The van der Waals surface area contributed by atoms with Crippen molar-refractivity contribution in [3.63, 3.8) is 0 Å². The van der Waals surface area contributed by atoms with Crippen molar-refractivity contribution in [2.75, 3.05) is 6.54 Å². The summed E-state index contributed by atoms with van der Waals surface area (Å²) in [6, 6.07) is 8.92. The first-order valence-electron chi connectivity index (χ1n) is 3.46. The fraction of sp³-hybridized carbons (Fsp3) is 0.250. The van der Waals surface area contributed by atoms with Gasteiger partial charge in [0.15, 0.2) is 0 Å². The first-order chi connectivity index (χ1) is 5.38. The molecule has 58 valence electrons. The number of nitrogens with zero attached hydrogens (tertiary/aromatic N) is 1. The lowest BCUT2D eigenvalue weighted by atomic mass is 10.1. The molecular formula is C8H10N2O. The number of nitroso groups, excluding NO2 is 1. The zero-order chi connectivity index (χ0) is 8.10. The summed E-state index contributed by atoms with van der Waals surface area (Å²) in [6.45, 7) is 0.271. The maximum absolute atomic E-state index is 10.2. The van der Waals surface area contributed by atoms with Crippen molar-refractivity contribution < 1.29 is 0 Å². The zero-order valence-electron chi connectivity index (χ0n) is 6.10. The van der Waals surface area contributed by atoms with E-state index in [0.717, 1.165) is 5.56 Å². The predicted octanol–water partition coefficient (Wildman–Crippen LogP) is 1.45. The van der Waals surface area contributed by atoms with Crippen LogP contribution >= 0.6 is 0 Å². The number of hydrogen-bond acceptors (Lipinski definition) is 3. The highest BCUT2D eigenvalue weighted by atomic mass is 16.3. The molecule has 11 heavy (non-hydrogen) atoms. The van der Waals surface area contributed by atoms with E-state index in [0.29, 0.717) is 0 Å². The second-order valence-corrected chi connectivity index (χ2v) is 2.27. The molecule has 3 nitrogen and oxygen atoms in total. The standard InChI is InChI=1S/C8H10N2O/c9-6-8(10-11)7-4-2-1-3-5-7/h1-5,8H,6,9H2. The number of hydrogen-bond donors (Lipinski definition) is 1. The molecular weight excluding hydrogens is 140 g/mol. The summed E-state index contributed by atoms with van der Waals surface area (Å²) in [5.41, 5.74) is 6.20. The van der Waals surface area contributed by atoms with E-state index in [1.807, 2.05) is 30.3 Å². The van der Waals surface area contributed by atoms with Crippen LogP contribution in [-0.2, 0) is 0 Å². The van der Waals surface area contributed by atoms with Gasteiger partial charge in [0.2, 0.25) is 0 Å². The Labute approximate surface area is 65.2 Å². The van der Waals surface area contributed by atoms with Crippen LogP contribution in [0.3, 0.4) is 0 Å². The van der Waals surface area contributed by atoms with Crippen LogP contribution in [0.2, 0.25) is 0 Å². The van der Waals surface area contributed by atoms with E-state index < -0.39 is 6.04 Å². The van der Waals surface area contributed by atoms with Gasteiger partial charge in [0.25, 0.3) is 0 Å². The Morgan fingerprint density at radius 1 is 1.36 bits per heavy atom. The molecule has 0 aliphatic carbocycles. The third kappa shape index (κ3) is 1.85. The third-order valence-electron chi connectivity index (χ3n) is 1.53. The van der Waals surface area contributed by atoms with Gasteiger partial charge in [0.1, 0.15) is 6.04 Å². The highest BCUT2D eigenvalue weighted by Crippen LogP contribution is 2.13. The lowest BCUT2D eigenvalue weighted by molar-refractivity contribution is 0.733. The van der Waals surface area contributed by atoms with Crippen molar-refractivity contribution in [1.29, 1.82) is 0 Å². The molecule has 1 aromatic rings. The Morgan fingerprint density at radius 3 is 2.45 bits per heavy atom. The van der Waals surface area contributed by atoms with Crippen molar-refractivity contribution >= 4 is 0 Å². The molecule has 1 atom stereocenters. The smallest absolute Gasteiger partial charge is 0.129 e. The van der Waals surface area contributed by atoms with E-state index in [-0.39, 0.29) is 6.54 Å². The maximum atomic E-state index is 10.2. The van der Waals surface area contributed by atoms with Crippen LogP contribution in [0.25, 0.3) is 0 Å². The topological polar surface area (TPSA) is 55.4 Å². The zero-order valence-corrected chi connectivity index (χ0v) is 6.10. The van der Waals surface area contributed by atoms with E-state index in [2.05, 4.69) is 5.18 Å². The predicted molar refractivity (Wildman–Crippen MR) is 44.0 cm³/mol. The molecule has 0 saturated carbocycles. The van der Waals surface area contributed by atoms with Gasteiger partial charge in [-0.2, -0.15) is 4.91 Å². The van der Waals surface area contributed by atoms with Gasteiger partial charge in [-0.15, -0.1) is 0 Å². The Morgan fingerprint density at radius 2 is 2.00 bits per heavy atom. The lowest BCUT2D eigenvalue weighted by Gasteiger charge is -2.04. The molecule has 2 N–H and O–H groups in total. The molecule has 0 aliphatic rings. The van der Waals surface area contributed by atoms with Gasteiger partial charge in [-0.25, -0.2) is 0 Å². The van der Waals surface area contributed by atoms with Gasteiger partial charge in [0.05, 0.1) is 0 Å². The second-order valence-electron chi connectivity index (χ2n) is 2.27. The molecule has 1 aromatic carbocycles. The fourth-order valence-corrected chi connectivity index (χ4v) is 0.915. The van der Waals surface area contributed by atoms with Gasteiger partial charge < -0.3 is 5.73 Å². The van der Waals surface area contributed by atoms with Gasteiger partial charge in [-0.1, -0.05) is 35.5 Å². The van der Waals surface area contributed by atoms with Crippen LogP contribution < -0.4 is 5.73 Å². The molecule has 0 aromatic heterocycles. The number of nitrogens with two attached hydrogens (primary N) is 1. The van der Waals surface area contributed by atoms with Crippen LogP contribution in [0.4, 0.5) is 0 Å². The van der Waals surface area contributed by atoms with E-state index in [1.165, 1.54) is 0 Å². The molecule has 0 aliphatic heterocycles. The van der Waals surface area contributed by atoms with Gasteiger partial charge >= 0.3 is 0 Å². The van der Waals surface area contributed by atoms with Crippen LogP contribution in [0.5, 0.6) is 0 Å². The minimum absolute atomic E-state index is 0.271. The minimum atomic E-state index is -0.392. The van der Waals surface area contributed by atoms with E-state index in [4.69, 9.17) is 5.73 Å². The van der Waals surface area contributed by atoms with Crippen molar-refractivity contribution in [3.05, 3.63) is 40.8 Å². The third-order valence-corrected chi connectivity index (χ3v) is 1.53. The van der Waals surface area contributed by atoms with Crippen LogP contribution in [0, 0.1) is 4.91 Å². The quantitative estimate of drug-likeness (QED) is 0.663. The Balaban J connectivity index is 2.82. The largest absolute Gasteiger partial charge is 0.328 e. The molecule has 0 spiro atoms. The molecule has 3 heteroatoms. The van der Waals surface area contributed by atoms with Crippen molar-refractivity contribution in [2.24, 2.45) is 10.9 Å². The monoisotopic (exact) mass is 150 g/mol. The first kappa shape index (κ1) is 7.88. The minimum Gasteiger partial charge on any atom is -0.328 e. The average molecular weight is 150 g/mol. The normalized spacial score (nSPS) is 12.5. The van der Waals surface area contributed by atoms with Crippen molar-refractivity contribution in [1.82, 2.24) is 0 Å². The summed E-state index contributed by atoms with van der Waals surface area (Å²) in [6.07, 6.45) is 0. The molecule has 0 fully saturated rings. The average Bonchev–Trinajstić information content (AvgIpc) is 2.09. The van der Waals surface area contributed by atoms with E-state index >= 15 is 0 Å². The lowest BCUT2D eigenvalue weighted by Crippen LogP contribution is -2.09. The van der Waals surface area contributed by atoms with Crippen LogP contribution in [0.15, 0.2) is 35.5 Å². The first-order valence-corrected chi connectivity index (χ1v) is 3.46. The number of rotatable bonds is 3. The summed E-state index contributed by atoms with van der Waals surface area (Å²) < 4.78 is 0. The Hall–Kier alpha value is -1.22. The Kier molecular flexibility index (Phi) is 2.74. The SMILES string of the molecule is NCC(N=O)c1ccccc1. The van der Waals surface area contributed by atoms with Gasteiger partial charge in [0, 0.05) is 6.54 Å². The summed E-state index contributed by atoms with van der Waals surface area (Å²) >= 11 is 0. The molecule has 1 rings (SSSR count). The molecule has 1 unspecified atom stereocenters. The summed E-state index contributed by atoms with van der Waals surface area (Å²) in [5, 5.41) is 2.90. The molecule has 0 saturated heterocycles. The van der Waals surface area contributed by atoms with Crippen molar-refractivity contribution in [2.45, 2.75) is 6.04 Å². The highest BCUT2D eigenvalue weighted by molar-refractivity contribution is 5.19. The van der Waals surface area contributed by atoms with Gasteiger partial charge in [-0.05, 0) is 5.56 Å². The van der Waals surface area contributed by atoms with E-state index in [1.54, 1.807) is 0 Å². The van der Waals surface area contributed by atoms with Gasteiger partial charge in [-0.3, -0.25) is 0 Å². The summed E-state index contributed by atoms with van der Waals surface area (Å²) in [4.78, 5) is 10.2. The van der Waals surface area contributed by atoms with Crippen molar-refractivity contribution in [3.8, 4) is 0 Å². The maximum Gasteiger partial charge on any atom is 0.129 e. The summed E-state index contributed by atoms with van der Waals surface area (Å²) in [7, 11) is 0. The molecule has 0 amide bonds. The second kappa shape index (κ2) is 3.83. The summed E-state index contributed by atoms with van der Waals surface area (Å²) in [5.74, 6) is 0. The Bertz CT molecular complexity index is 223. The number of benzene rings is 1.